The van der Waals surface area contributed by atoms with Crippen molar-refractivity contribution in [2.24, 2.45) is 0 Å². The highest BCUT2D eigenvalue weighted by Gasteiger charge is 2.24. The van der Waals surface area contributed by atoms with E-state index in [0.29, 0.717) is 49.5 Å². The van der Waals surface area contributed by atoms with Crippen molar-refractivity contribution in [1.82, 2.24) is 19.3 Å². The van der Waals surface area contributed by atoms with Crippen molar-refractivity contribution in [3.8, 4) is 45.1 Å². The number of aliphatic hydroxyl groups is 1. The number of hydrogen-bond donors (Lipinski definition) is 1. The Morgan fingerprint density at radius 2 is 1.60 bits per heavy atom. The average molecular weight is 678 g/mol. The van der Waals surface area contributed by atoms with Crippen LogP contribution in [-0.4, -0.2) is 63.4 Å². The topological polar surface area (TPSA) is 115 Å². The summed E-state index contributed by atoms with van der Waals surface area (Å²) in [5.41, 5.74) is 4.18. The lowest BCUT2D eigenvalue weighted by molar-refractivity contribution is 0.0200. The highest BCUT2D eigenvalue weighted by atomic mass is 35.5. The molecule has 12 heteroatoms. The van der Waals surface area contributed by atoms with Crippen LogP contribution in [0.5, 0.6) is 11.6 Å². The van der Waals surface area contributed by atoms with E-state index in [-0.39, 0.29) is 31.0 Å². The molecule has 0 atom stereocenters. The fourth-order valence-electron chi connectivity index (χ4n) is 5.07. The Bertz CT molecular complexity index is 2010. The lowest BCUT2D eigenvalue weighted by atomic mass is 9.97. The Kier molecular flexibility index (Phi) is 10.0. The molecule has 3 heterocycles. The van der Waals surface area contributed by atoms with Gasteiger partial charge in [-0.1, -0.05) is 59.6 Å². The fraction of sp³-hybridized carbons (Fsp3) is 0.257. The maximum Gasteiger partial charge on any atom is 0.410 e. The Morgan fingerprint density at radius 3 is 2.23 bits per heavy atom. The molecule has 2 aromatic carbocycles. The molecule has 0 saturated heterocycles. The van der Waals surface area contributed by atoms with E-state index in [2.05, 4.69) is 4.98 Å². The lowest BCUT2D eigenvalue weighted by Crippen LogP contribution is -2.38. The predicted octanol–water partition coefficient (Wildman–Crippen LogP) is 7.14. The van der Waals surface area contributed by atoms with E-state index in [9.17, 15) is 14.7 Å². The summed E-state index contributed by atoms with van der Waals surface area (Å²) in [6.07, 6.45) is 2.48. The maximum absolute atomic E-state index is 12.8. The molecular weight excluding hydrogens is 643 g/mol. The van der Waals surface area contributed by atoms with Gasteiger partial charge in [-0.25, -0.2) is 14.8 Å². The number of methoxy groups -OCH3 is 2. The molecule has 0 spiro atoms. The highest BCUT2D eigenvalue weighted by Crippen LogP contribution is 2.42. The van der Waals surface area contributed by atoms with Crippen LogP contribution in [0.4, 0.5) is 4.79 Å². The number of carbonyl (C=O) groups is 1. The van der Waals surface area contributed by atoms with E-state index in [1.54, 1.807) is 51.2 Å². The van der Waals surface area contributed by atoms with E-state index in [1.807, 2.05) is 36.4 Å². The Hall–Kier alpha value is -4.64. The van der Waals surface area contributed by atoms with Gasteiger partial charge in [0.1, 0.15) is 11.2 Å². The number of rotatable bonds is 9. The summed E-state index contributed by atoms with van der Waals surface area (Å²) in [6.45, 7) is 5.31. The molecule has 0 bridgehead atoms. The van der Waals surface area contributed by atoms with E-state index >= 15 is 0 Å². The number of aliphatic hydroxyl groups excluding tert-OH is 1. The zero-order valence-corrected chi connectivity index (χ0v) is 28.1. The van der Waals surface area contributed by atoms with Gasteiger partial charge in [0.25, 0.3) is 5.56 Å². The number of fused-ring (bicyclic) bond motifs is 1. The number of carbonyl (C=O) groups excluding carboxylic acids is 1. The van der Waals surface area contributed by atoms with Gasteiger partial charge in [0, 0.05) is 40.6 Å². The molecule has 5 rings (SSSR count). The van der Waals surface area contributed by atoms with Gasteiger partial charge in [0.15, 0.2) is 0 Å². The quantitative estimate of drug-likeness (QED) is 0.175. The van der Waals surface area contributed by atoms with Gasteiger partial charge in [0.05, 0.1) is 49.3 Å². The van der Waals surface area contributed by atoms with Gasteiger partial charge in [-0.15, -0.1) is 0 Å². The third-order valence-corrected chi connectivity index (χ3v) is 8.10. The van der Waals surface area contributed by atoms with Gasteiger partial charge in [0.2, 0.25) is 11.6 Å². The maximum atomic E-state index is 12.8. The zero-order valence-electron chi connectivity index (χ0n) is 26.6. The van der Waals surface area contributed by atoms with Crippen molar-refractivity contribution in [3.63, 3.8) is 0 Å². The van der Waals surface area contributed by atoms with Crippen LogP contribution < -0.4 is 15.0 Å². The molecule has 0 aliphatic heterocycles. The molecule has 1 N–H and O–H groups in total. The summed E-state index contributed by atoms with van der Waals surface area (Å²) in [7, 11) is 2.92. The number of benzene rings is 2. The largest absolute Gasteiger partial charge is 0.490 e. The van der Waals surface area contributed by atoms with Crippen molar-refractivity contribution in [2.45, 2.75) is 32.9 Å². The second kappa shape index (κ2) is 14.0. The number of ether oxygens (including phenoxy) is 3. The van der Waals surface area contributed by atoms with Crippen molar-refractivity contribution >= 4 is 34.9 Å². The van der Waals surface area contributed by atoms with Crippen LogP contribution in [0.15, 0.2) is 77.9 Å². The minimum absolute atomic E-state index is 0.0799. The predicted molar refractivity (Wildman–Crippen MR) is 182 cm³/mol. The molecule has 5 aromatic rings. The fourth-order valence-corrected chi connectivity index (χ4v) is 5.73. The van der Waals surface area contributed by atoms with Crippen LogP contribution in [0.2, 0.25) is 10.0 Å². The molecule has 0 saturated carbocycles. The molecule has 47 heavy (non-hydrogen) atoms. The van der Waals surface area contributed by atoms with Crippen LogP contribution in [-0.2, 0) is 11.3 Å². The molecule has 244 valence electrons. The molecule has 10 nitrogen and oxygen atoms in total. The van der Waals surface area contributed by atoms with Crippen molar-refractivity contribution in [2.75, 3.05) is 27.4 Å². The van der Waals surface area contributed by atoms with E-state index < -0.39 is 11.7 Å². The first kappa shape index (κ1) is 33.7. The smallest absolute Gasteiger partial charge is 0.410 e. The number of amides is 1. The molecule has 0 radical (unpaired) electrons. The molecule has 3 aromatic heterocycles. The number of aromatic nitrogens is 3. The van der Waals surface area contributed by atoms with Gasteiger partial charge >= 0.3 is 6.09 Å². The third-order valence-electron chi connectivity index (χ3n) is 7.29. The Morgan fingerprint density at radius 1 is 0.936 bits per heavy atom. The SMILES string of the molecule is COc1nc(-c2cccc(-c3cccc(-c4ccn5c(=O)c(OC)cnc5c4)c3Cl)c2Cl)ccc1CN(CCO)C(=O)OC(C)(C)C. The van der Waals surface area contributed by atoms with Gasteiger partial charge in [-0.2, -0.15) is 0 Å². The van der Waals surface area contributed by atoms with Crippen LogP contribution in [0.25, 0.3) is 39.2 Å². The van der Waals surface area contributed by atoms with Crippen LogP contribution in [0.3, 0.4) is 0 Å². The lowest BCUT2D eigenvalue weighted by Gasteiger charge is -2.27. The van der Waals surface area contributed by atoms with E-state index in [4.69, 9.17) is 42.4 Å². The first-order valence-corrected chi connectivity index (χ1v) is 15.5. The number of pyridine rings is 2. The van der Waals surface area contributed by atoms with Gasteiger partial charge < -0.3 is 24.2 Å². The average Bonchev–Trinajstić information content (AvgIpc) is 3.04. The standard InChI is InChI=1S/C35H34Cl2N4O6/c1-35(2,3)47-34(44)40(16-17-42)20-22-12-13-27(39-32(22)46-5)26-11-7-10-25(31(26)37)24-9-6-8-23(30(24)36)21-14-15-41-29(18-21)38-19-28(45-4)33(41)43/h6-15,18-19,42H,16-17,20H2,1-5H3. The first-order chi connectivity index (χ1) is 22.4. The van der Waals surface area contributed by atoms with Crippen LogP contribution >= 0.6 is 23.2 Å². The monoisotopic (exact) mass is 676 g/mol. The third kappa shape index (κ3) is 7.20. The molecule has 1 amide bonds. The highest BCUT2D eigenvalue weighted by molar-refractivity contribution is 6.39. The first-order valence-electron chi connectivity index (χ1n) is 14.7. The summed E-state index contributed by atoms with van der Waals surface area (Å²) in [5.74, 6) is 0.452. The van der Waals surface area contributed by atoms with Crippen molar-refractivity contribution < 1.29 is 24.1 Å². The van der Waals surface area contributed by atoms with Gasteiger partial charge in [-0.3, -0.25) is 9.20 Å². The Labute approximate surface area is 282 Å². The van der Waals surface area contributed by atoms with Crippen LogP contribution in [0.1, 0.15) is 26.3 Å². The van der Waals surface area contributed by atoms with E-state index in [1.165, 1.54) is 29.7 Å². The van der Waals surface area contributed by atoms with Gasteiger partial charge in [-0.05, 0) is 50.6 Å². The number of nitrogens with zero attached hydrogens (tertiary/aromatic N) is 4. The minimum atomic E-state index is -0.691. The molecule has 0 aliphatic carbocycles. The molecule has 0 unspecified atom stereocenters. The van der Waals surface area contributed by atoms with Crippen LogP contribution in [0, 0.1) is 0 Å². The second-order valence-electron chi connectivity index (χ2n) is 11.6. The zero-order chi connectivity index (χ0) is 33.9. The van der Waals surface area contributed by atoms with Crippen molar-refractivity contribution in [1.29, 1.82) is 0 Å². The summed E-state index contributed by atoms with van der Waals surface area (Å²) in [5, 5.41) is 10.5. The second-order valence-corrected chi connectivity index (χ2v) is 12.4. The summed E-state index contributed by atoms with van der Waals surface area (Å²) < 4.78 is 17.6. The summed E-state index contributed by atoms with van der Waals surface area (Å²) in [4.78, 5) is 35.9. The Balaban J connectivity index is 1.49. The molecular formula is C35H34Cl2N4O6. The number of halogens is 2. The van der Waals surface area contributed by atoms with E-state index in [0.717, 1.165) is 11.1 Å². The normalized spacial score (nSPS) is 11.4. The van der Waals surface area contributed by atoms with Crippen molar-refractivity contribution in [3.05, 3.63) is 99.0 Å². The molecule has 0 aliphatic rings. The molecule has 0 fully saturated rings. The minimum Gasteiger partial charge on any atom is -0.490 e. The number of hydrogen-bond acceptors (Lipinski definition) is 8. The summed E-state index contributed by atoms with van der Waals surface area (Å²) in [6, 6.07) is 18.4. The summed E-state index contributed by atoms with van der Waals surface area (Å²) >= 11 is 14.1.